The molecule has 1 aliphatic rings. The number of urea groups is 1. The predicted molar refractivity (Wildman–Crippen MR) is 98.6 cm³/mol. The third-order valence-corrected chi connectivity index (χ3v) is 5.77. The van der Waals surface area contributed by atoms with E-state index in [9.17, 15) is 4.79 Å². The molecule has 1 atom stereocenters. The normalized spacial score (nSPS) is 17.3. The van der Waals surface area contributed by atoms with Gasteiger partial charge in [0.25, 0.3) is 0 Å². The van der Waals surface area contributed by atoms with E-state index in [-0.39, 0.29) is 11.4 Å². The van der Waals surface area contributed by atoms with Crippen molar-refractivity contribution in [3.63, 3.8) is 0 Å². The molecule has 0 unspecified atom stereocenters. The van der Waals surface area contributed by atoms with Crippen molar-refractivity contribution in [1.29, 1.82) is 0 Å². The van der Waals surface area contributed by atoms with Crippen LogP contribution in [-0.4, -0.2) is 23.2 Å². The van der Waals surface area contributed by atoms with E-state index in [2.05, 4.69) is 5.32 Å². The zero-order valence-electron chi connectivity index (χ0n) is 12.6. The number of halogens is 2. The highest BCUT2D eigenvalue weighted by Gasteiger charge is 2.31. The van der Waals surface area contributed by atoms with Crippen LogP contribution in [-0.2, 0) is 0 Å². The average Bonchev–Trinajstić information content (AvgIpc) is 3.02. The van der Waals surface area contributed by atoms with Gasteiger partial charge in [-0.25, -0.2) is 4.79 Å². The molecule has 6 heteroatoms. The number of aryl methyl sites for hydroxylation is 1. The van der Waals surface area contributed by atoms with Crippen molar-refractivity contribution in [2.45, 2.75) is 12.3 Å². The average molecular weight is 367 g/mol. The third kappa shape index (κ3) is 3.60. The summed E-state index contributed by atoms with van der Waals surface area (Å²) in [5, 5.41) is 3.98. The van der Waals surface area contributed by atoms with Gasteiger partial charge in [-0.15, -0.1) is 11.8 Å². The molecule has 1 fully saturated rings. The van der Waals surface area contributed by atoms with E-state index in [4.69, 9.17) is 23.2 Å². The summed E-state index contributed by atoms with van der Waals surface area (Å²) in [4.78, 5) is 14.5. The molecule has 3 rings (SSSR count). The fourth-order valence-corrected chi connectivity index (χ4v) is 4.07. The monoisotopic (exact) mass is 366 g/mol. The summed E-state index contributed by atoms with van der Waals surface area (Å²) in [7, 11) is 0. The first-order chi connectivity index (χ1) is 11.1. The van der Waals surface area contributed by atoms with Crippen molar-refractivity contribution < 1.29 is 4.79 Å². The molecule has 0 spiro atoms. The summed E-state index contributed by atoms with van der Waals surface area (Å²) in [6, 6.07) is 13.2. The van der Waals surface area contributed by atoms with E-state index in [0.29, 0.717) is 16.6 Å². The first-order valence-electron chi connectivity index (χ1n) is 7.26. The fourth-order valence-electron chi connectivity index (χ4n) is 2.52. The molecule has 120 valence electrons. The quantitative estimate of drug-likeness (QED) is 0.751. The summed E-state index contributed by atoms with van der Waals surface area (Å²) < 4.78 is 0. The van der Waals surface area contributed by atoms with Crippen LogP contribution in [0.2, 0.25) is 10.0 Å². The van der Waals surface area contributed by atoms with Gasteiger partial charge in [0.15, 0.2) is 0 Å². The standard InChI is InChI=1S/C17H16Cl2N2OS/c1-11-4-2-3-5-15(11)20-17(22)21-8-9-23-16(21)12-6-7-13(18)14(19)10-12/h2-7,10,16H,8-9H2,1H3,(H,20,22)/t16-/m1/s1. The van der Waals surface area contributed by atoms with E-state index >= 15 is 0 Å². The Hall–Kier alpha value is -1.36. The van der Waals surface area contributed by atoms with Crippen LogP contribution in [0.5, 0.6) is 0 Å². The van der Waals surface area contributed by atoms with Crippen molar-refractivity contribution in [1.82, 2.24) is 4.90 Å². The Morgan fingerprint density at radius 3 is 2.74 bits per heavy atom. The maximum absolute atomic E-state index is 12.6. The second-order valence-corrected chi connectivity index (χ2v) is 7.34. The van der Waals surface area contributed by atoms with E-state index in [0.717, 1.165) is 22.6 Å². The van der Waals surface area contributed by atoms with Crippen LogP contribution < -0.4 is 5.32 Å². The molecule has 0 radical (unpaired) electrons. The number of benzene rings is 2. The van der Waals surface area contributed by atoms with Gasteiger partial charge >= 0.3 is 6.03 Å². The van der Waals surface area contributed by atoms with Crippen LogP contribution in [0.15, 0.2) is 42.5 Å². The zero-order chi connectivity index (χ0) is 16.4. The topological polar surface area (TPSA) is 32.3 Å². The van der Waals surface area contributed by atoms with Crippen LogP contribution in [0.25, 0.3) is 0 Å². The van der Waals surface area contributed by atoms with Crippen molar-refractivity contribution in [3.8, 4) is 0 Å². The number of thioether (sulfide) groups is 1. The highest BCUT2D eigenvalue weighted by Crippen LogP contribution is 2.40. The number of nitrogens with zero attached hydrogens (tertiary/aromatic N) is 1. The minimum atomic E-state index is -0.0969. The molecule has 23 heavy (non-hydrogen) atoms. The number of nitrogens with one attached hydrogen (secondary N) is 1. The molecular weight excluding hydrogens is 351 g/mol. The number of rotatable bonds is 2. The molecular formula is C17H16Cl2N2OS. The minimum Gasteiger partial charge on any atom is -0.308 e. The number of hydrogen-bond acceptors (Lipinski definition) is 2. The smallest absolute Gasteiger partial charge is 0.308 e. The van der Waals surface area contributed by atoms with Gasteiger partial charge in [-0.05, 0) is 36.2 Å². The molecule has 1 heterocycles. The van der Waals surface area contributed by atoms with Crippen LogP contribution in [0.3, 0.4) is 0 Å². The number of anilines is 1. The summed E-state index contributed by atoms with van der Waals surface area (Å²) in [6.45, 7) is 2.68. The Morgan fingerprint density at radius 1 is 1.22 bits per heavy atom. The molecule has 1 N–H and O–H groups in total. The van der Waals surface area contributed by atoms with E-state index < -0.39 is 0 Å². The first-order valence-corrected chi connectivity index (χ1v) is 9.06. The van der Waals surface area contributed by atoms with Crippen LogP contribution in [0.4, 0.5) is 10.5 Å². The minimum absolute atomic E-state index is 0.0474. The maximum Gasteiger partial charge on any atom is 0.323 e. The zero-order valence-corrected chi connectivity index (χ0v) is 14.9. The molecule has 3 nitrogen and oxygen atoms in total. The fraction of sp³-hybridized carbons (Fsp3) is 0.235. The second-order valence-electron chi connectivity index (χ2n) is 5.34. The molecule has 1 saturated heterocycles. The van der Waals surface area contributed by atoms with Gasteiger partial charge < -0.3 is 10.2 Å². The van der Waals surface area contributed by atoms with Gasteiger partial charge in [0, 0.05) is 18.0 Å². The van der Waals surface area contributed by atoms with E-state index in [1.807, 2.05) is 48.2 Å². The molecule has 0 bridgehead atoms. The number of hydrogen-bond donors (Lipinski definition) is 1. The van der Waals surface area contributed by atoms with Crippen molar-refractivity contribution in [2.75, 3.05) is 17.6 Å². The van der Waals surface area contributed by atoms with Gasteiger partial charge in [0.1, 0.15) is 5.37 Å². The molecule has 2 aromatic carbocycles. The molecule has 0 aromatic heterocycles. The lowest BCUT2D eigenvalue weighted by molar-refractivity contribution is 0.214. The van der Waals surface area contributed by atoms with Crippen molar-refractivity contribution in [3.05, 3.63) is 63.6 Å². The predicted octanol–water partition coefficient (Wildman–Crippen LogP) is 5.58. The van der Waals surface area contributed by atoms with E-state index in [1.54, 1.807) is 17.8 Å². The highest BCUT2D eigenvalue weighted by atomic mass is 35.5. The van der Waals surface area contributed by atoms with Crippen molar-refractivity contribution in [2.24, 2.45) is 0 Å². The molecule has 0 saturated carbocycles. The summed E-state index contributed by atoms with van der Waals surface area (Å²) in [5.41, 5.74) is 2.86. The number of carbonyl (C=O) groups is 1. The molecule has 2 aromatic rings. The third-order valence-electron chi connectivity index (χ3n) is 3.77. The lowest BCUT2D eigenvalue weighted by Crippen LogP contribution is -2.34. The van der Waals surface area contributed by atoms with Crippen LogP contribution >= 0.6 is 35.0 Å². The summed E-state index contributed by atoms with van der Waals surface area (Å²) in [6.07, 6.45) is 0. The molecule has 2 amide bonds. The highest BCUT2D eigenvalue weighted by molar-refractivity contribution is 7.99. The first kappa shape index (κ1) is 16.5. The van der Waals surface area contributed by atoms with Gasteiger partial charge in [0.2, 0.25) is 0 Å². The Bertz CT molecular complexity index is 738. The largest absolute Gasteiger partial charge is 0.323 e. The lowest BCUT2D eigenvalue weighted by Gasteiger charge is -2.25. The SMILES string of the molecule is Cc1ccccc1NC(=O)N1CCS[C@@H]1c1ccc(Cl)c(Cl)c1. The van der Waals surface area contributed by atoms with Gasteiger partial charge in [-0.1, -0.05) is 47.5 Å². The Labute approximate surface area is 150 Å². The van der Waals surface area contributed by atoms with Crippen molar-refractivity contribution >= 4 is 46.7 Å². The van der Waals surface area contributed by atoms with E-state index in [1.165, 1.54) is 0 Å². The Balaban J connectivity index is 1.79. The summed E-state index contributed by atoms with van der Waals surface area (Å²) >= 11 is 13.8. The van der Waals surface area contributed by atoms with Gasteiger partial charge in [0.05, 0.1) is 10.0 Å². The second kappa shape index (κ2) is 7.04. The molecule has 1 aliphatic heterocycles. The molecule has 0 aliphatic carbocycles. The number of amides is 2. The Morgan fingerprint density at radius 2 is 2.00 bits per heavy atom. The van der Waals surface area contributed by atoms with Gasteiger partial charge in [-0.2, -0.15) is 0 Å². The van der Waals surface area contributed by atoms with Crippen LogP contribution in [0.1, 0.15) is 16.5 Å². The van der Waals surface area contributed by atoms with Crippen LogP contribution in [0, 0.1) is 6.92 Å². The van der Waals surface area contributed by atoms with Gasteiger partial charge in [-0.3, -0.25) is 0 Å². The number of para-hydroxylation sites is 1. The Kier molecular flexibility index (Phi) is 5.05. The lowest BCUT2D eigenvalue weighted by atomic mass is 10.2. The summed E-state index contributed by atoms with van der Waals surface area (Å²) in [5.74, 6) is 0.895. The maximum atomic E-state index is 12.6. The number of carbonyl (C=O) groups excluding carboxylic acids is 1.